The first kappa shape index (κ1) is 28.6. The monoisotopic (exact) mass is 428 g/mol. The van der Waals surface area contributed by atoms with E-state index in [1.54, 1.807) is 0 Å². The van der Waals surface area contributed by atoms with E-state index in [1.165, 1.54) is 0 Å². The third-order valence-corrected chi connectivity index (χ3v) is 4.23. The van der Waals surface area contributed by atoms with E-state index in [2.05, 4.69) is 34.6 Å². The van der Waals surface area contributed by atoms with Gasteiger partial charge in [-0.3, -0.25) is 9.59 Å². The molecule has 0 saturated carbocycles. The van der Waals surface area contributed by atoms with E-state index < -0.39 is 17.9 Å². The third kappa shape index (κ3) is 17.5. The molecule has 0 N–H and O–H groups in total. The molecule has 0 radical (unpaired) electrons. The molecule has 0 aromatic heterocycles. The van der Waals surface area contributed by atoms with Gasteiger partial charge in [0.05, 0.1) is 25.6 Å². The van der Waals surface area contributed by atoms with Crippen LogP contribution in [0.25, 0.3) is 0 Å². The van der Waals surface area contributed by atoms with E-state index in [0.29, 0.717) is 26.4 Å². The first-order chi connectivity index (χ1) is 14.2. The molecule has 6 heteroatoms. The van der Waals surface area contributed by atoms with Crippen LogP contribution < -0.4 is 0 Å². The second-order valence-corrected chi connectivity index (χ2v) is 8.88. The summed E-state index contributed by atoms with van der Waals surface area (Å²) in [6, 6.07) is 0. The highest BCUT2D eigenvalue weighted by atomic mass is 16.6. The summed E-state index contributed by atoms with van der Waals surface area (Å²) in [6.07, 6.45) is 6.73. The molecule has 0 heterocycles. The predicted molar refractivity (Wildman–Crippen MR) is 119 cm³/mol. The summed E-state index contributed by atoms with van der Waals surface area (Å²) >= 11 is 0. The lowest BCUT2D eigenvalue weighted by molar-refractivity contribution is -0.155. The summed E-state index contributed by atoms with van der Waals surface area (Å²) < 4.78 is 21.4. The van der Waals surface area contributed by atoms with Crippen molar-refractivity contribution in [3.63, 3.8) is 0 Å². The fourth-order valence-corrected chi connectivity index (χ4v) is 2.91. The summed E-state index contributed by atoms with van der Waals surface area (Å²) in [7, 11) is 0. The van der Waals surface area contributed by atoms with Gasteiger partial charge in [0, 0.05) is 13.2 Å². The molecular weight excluding hydrogens is 384 g/mol. The number of carbonyl (C=O) groups excluding carboxylic acids is 2. The maximum atomic E-state index is 12.6. The molecule has 0 saturated heterocycles. The second kappa shape index (κ2) is 17.3. The number of carbonyl (C=O) groups is 2. The number of esters is 2. The zero-order valence-corrected chi connectivity index (χ0v) is 20.1. The third-order valence-electron chi connectivity index (χ3n) is 4.23. The maximum absolute atomic E-state index is 12.6. The van der Waals surface area contributed by atoms with Crippen molar-refractivity contribution in [1.29, 1.82) is 0 Å². The first-order valence-corrected chi connectivity index (χ1v) is 11.3. The van der Waals surface area contributed by atoms with Crippen LogP contribution in [0.2, 0.25) is 0 Å². The van der Waals surface area contributed by atoms with Gasteiger partial charge in [-0.1, -0.05) is 59.1 Å². The van der Waals surface area contributed by atoms with Gasteiger partial charge in [-0.15, -0.1) is 0 Å². The van der Waals surface area contributed by atoms with Gasteiger partial charge < -0.3 is 18.9 Å². The molecule has 0 aliphatic rings. The molecule has 0 rings (SSSR count). The van der Waals surface area contributed by atoms with E-state index in [0.717, 1.165) is 37.7 Å². The maximum Gasteiger partial charge on any atom is 0.313 e. The Bertz CT molecular complexity index is 492. The Balaban J connectivity index is 4.65. The quantitative estimate of drug-likeness (QED) is 0.182. The minimum absolute atomic E-state index is 0.0357. The molecule has 0 amide bonds. The number of rotatable bonds is 17. The highest BCUT2D eigenvalue weighted by molar-refractivity contribution is 5.81. The molecule has 0 aliphatic carbocycles. The largest absolute Gasteiger partial charge is 0.463 e. The molecule has 0 aliphatic heterocycles. The Morgan fingerprint density at radius 2 is 1.37 bits per heavy atom. The molecule has 6 nitrogen and oxygen atoms in total. The number of ether oxygens (including phenoxy) is 4. The normalized spacial score (nSPS) is 13.2. The van der Waals surface area contributed by atoms with Crippen LogP contribution in [0.3, 0.4) is 0 Å². The van der Waals surface area contributed by atoms with Crippen molar-refractivity contribution in [3.05, 3.63) is 11.6 Å². The van der Waals surface area contributed by atoms with Crippen molar-refractivity contribution in [2.45, 2.75) is 80.1 Å². The minimum Gasteiger partial charge on any atom is -0.463 e. The van der Waals surface area contributed by atoms with Crippen molar-refractivity contribution >= 4 is 11.9 Å². The number of allylic oxidation sites excluding steroid dienone is 1. The Kier molecular flexibility index (Phi) is 16.5. The minimum atomic E-state index is -0.656. The smallest absolute Gasteiger partial charge is 0.313 e. The SMILES string of the molecule is CCCCOCCOC(=O)CC(C=C(C)CC(C)(C)C)C(=O)OCCOCCCC. The molecule has 30 heavy (non-hydrogen) atoms. The fraction of sp³-hybridized carbons (Fsp3) is 0.833. The molecule has 0 aromatic carbocycles. The van der Waals surface area contributed by atoms with E-state index >= 15 is 0 Å². The zero-order valence-electron chi connectivity index (χ0n) is 20.1. The molecule has 0 spiro atoms. The Morgan fingerprint density at radius 3 is 1.87 bits per heavy atom. The predicted octanol–water partition coefficient (Wildman–Crippen LogP) is 5.10. The van der Waals surface area contributed by atoms with Crippen LogP contribution in [0.4, 0.5) is 0 Å². The lowest BCUT2D eigenvalue weighted by atomic mass is 9.87. The molecule has 0 fully saturated rings. The van der Waals surface area contributed by atoms with Crippen molar-refractivity contribution in [2.24, 2.45) is 11.3 Å². The van der Waals surface area contributed by atoms with Crippen LogP contribution in [0, 0.1) is 11.3 Å². The van der Waals surface area contributed by atoms with Crippen molar-refractivity contribution < 1.29 is 28.5 Å². The zero-order chi connectivity index (χ0) is 22.8. The molecule has 1 atom stereocenters. The molecule has 0 bridgehead atoms. The molecule has 0 aromatic rings. The van der Waals surface area contributed by atoms with Gasteiger partial charge in [0.1, 0.15) is 13.2 Å². The molecular formula is C24H44O6. The highest BCUT2D eigenvalue weighted by Crippen LogP contribution is 2.25. The van der Waals surface area contributed by atoms with Gasteiger partial charge in [-0.25, -0.2) is 0 Å². The van der Waals surface area contributed by atoms with Gasteiger partial charge in [0.2, 0.25) is 0 Å². The van der Waals surface area contributed by atoms with Crippen LogP contribution in [0.1, 0.15) is 80.1 Å². The van der Waals surface area contributed by atoms with Crippen LogP contribution >= 0.6 is 0 Å². The van der Waals surface area contributed by atoms with E-state index in [-0.39, 0.29) is 25.0 Å². The van der Waals surface area contributed by atoms with Gasteiger partial charge in [0.15, 0.2) is 0 Å². The summed E-state index contributed by atoms with van der Waals surface area (Å²) in [6.45, 7) is 15.0. The highest BCUT2D eigenvalue weighted by Gasteiger charge is 2.23. The van der Waals surface area contributed by atoms with E-state index in [1.807, 2.05) is 13.0 Å². The van der Waals surface area contributed by atoms with Crippen molar-refractivity contribution in [1.82, 2.24) is 0 Å². The molecule has 176 valence electrons. The summed E-state index contributed by atoms with van der Waals surface area (Å²) in [5, 5.41) is 0. The van der Waals surface area contributed by atoms with Gasteiger partial charge in [0.25, 0.3) is 0 Å². The Morgan fingerprint density at radius 1 is 0.833 bits per heavy atom. The topological polar surface area (TPSA) is 71.1 Å². The van der Waals surface area contributed by atoms with E-state index in [4.69, 9.17) is 18.9 Å². The summed E-state index contributed by atoms with van der Waals surface area (Å²) in [4.78, 5) is 24.8. The number of hydrogen-bond donors (Lipinski definition) is 0. The Labute approximate surface area is 183 Å². The lowest BCUT2D eigenvalue weighted by Crippen LogP contribution is -2.23. The standard InChI is InChI=1S/C24H44O6/c1-7-9-11-27-13-15-29-22(25)18-21(17-20(3)19-24(4,5)6)23(26)30-16-14-28-12-10-8-2/h17,21H,7-16,18-19H2,1-6H3. The van der Waals surface area contributed by atoms with Crippen LogP contribution in [0.5, 0.6) is 0 Å². The van der Waals surface area contributed by atoms with Crippen molar-refractivity contribution in [3.8, 4) is 0 Å². The van der Waals surface area contributed by atoms with Crippen LogP contribution in [-0.4, -0.2) is 51.6 Å². The summed E-state index contributed by atoms with van der Waals surface area (Å²) in [5.74, 6) is -1.50. The first-order valence-electron chi connectivity index (χ1n) is 11.3. The Hall–Kier alpha value is -1.40. The van der Waals surface area contributed by atoms with Gasteiger partial charge in [-0.2, -0.15) is 0 Å². The number of hydrogen-bond acceptors (Lipinski definition) is 6. The van der Waals surface area contributed by atoms with Gasteiger partial charge >= 0.3 is 11.9 Å². The van der Waals surface area contributed by atoms with Crippen molar-refractivity contribution in [2.75, 3.05) is 39.6 Å². The number of unbranched alkanes of at least 4 members (excludes halogenated alkanes) is 2. The van der Waals surface area contributed by atoms with Crippen LogP contribution in [0.15, 0.2) is 11.6 Å². The second-order valence-electron chi connectivity index (χ2n) is 8.88. The van der Waals surface area contributed by atoms with Gasteiger partial charge in [-0.05, 0) is 31.6 Å². The lowest BCUT2D eigenvalue weighted by Gasteiger charge is -2.20. The average Bonchev–Trinajstić information content (AvgIpc) is 2.65. The fourth-order valence-electron chi connectivity index (χ4n) is 2.91. The van der Waals surface area contributed by atoms with Crippen LogP contribution in [-0.2, 0) is 28.5 Å². The summed E-state index contributed by atoms with van der Waals surface area (Å²) in [5.41, 5.74) is 1.15. The van der Waals surface area contributed by atoms with E-state index in [9.17, 15) is 9.59 Å². The average molecular weight is 429 g/mol. The molecule has 1 unspecified atom stereocenters.